The van der Waals surface area contributed by atoms with Gasteiger partial charge in [-0.15, -0.1) is 0 Å². The summed E-state index contributed by atoms with van der Waals surface area (Å²) < 4.78 is 10.7. The zero-order chi connectivity index (χ0) is 15.2. The molecular formula is C15H16N2O4. The van der Waals surface area contributed by atoms with Crippen LogP contribution in [0.2, 0.25) is 0 Å². The van der Waals surface area contributed by atoms with E-state index in [1.807, 2.05) is 24.3 Å². The van der Waals surface area contributed by atoms with Crippen molar-refractivity contribution < 1.29 is 14.4 Å². The van der Waals surface area contributed by atoms with E-state index in [-0.39, 0.29) is 5.69 Å². The molecular weight excluding hydrogens is 272 g/mol. The number of methoxy groups -OCH3 is 1. The minimum Gasteiger partial charge on any atom is -0.439 e. The Hall–Kier alpha value is -2.47. The van der Waals surface area contributed by atoms with E-state index >= 15 is 0 Å². The number of rotatable bonds is 6. The average Bonchev–Trinajstić information content (AvgIpc) is 2.48. The molecule has 0 saturated carbocycles. The molecule has 0 radical (unpaired) electrons. The molecule has 0 saturated heterocycles. The van der Waals surface area contributed by atoms with Crippen LogP contribution < -0.4 is 4.74 Å². The van der Waals surface area contributed by atoms with Gasteiger partial charge >= 0.3 is 0 Å². The van der Waals surface area contributed by atoms with E-state index < -0.39 is 4.92 Å². The summed E-state index contributed by atoms with van der Waals surface area (Å²) in [6.07, 6.45) is 2.03. The van der Waals surface area contributed by atoms with Gasteiger partial charge in [-0.3, -0.25) is 10.1 Å². The number of benzene rings is 1. The first-order valence-corrected chi connectivity index (χ1v) is 6.47. The number of aromatic nitrogens is 1. The summed E-state index contributed by atoms with van der Waals surface area (Å²) in [5, 5.41) is 10.7. The molecule has 110 valence electrons. The molecule has 2 aromatic rings. The Bertz CT molecular complexity index is 626. The van der Waals surface area contributed by atoms with E-state index in [0.717, 1.165) is 12.0 Å². The van der Waals surface area contributed by atoms with Crippen molar-refractivity contribution in [2.24, 2.45) is 0 Å². The van der Waals surface area contributed by atoms with Gasteiger partial charge in [-0.25, -0.2) is 4.98 Å². The van der Waals surface area contributed by atoms with Crippen molar-refractivity contribution in [3.8, 4) is 11.6 Å². The third kappa shape index (κ3) is 4.00. The van der Waals surface area contributed by atoms with Crippen molar-refractivity contribution in [3.63, 3.8) is 0 Å². The molecule has 6 heteroatoms. The Kier molecular flexibility index (Phi) is 4.84. The van der Waals surface area contributed by atoms with Gasteiger partial charge in [0.15, 0.2) is 0 Å². The smallest absolute Gasteiger partial charge is 0.288 e. The predicted molar refractivity (Wildman–Crippen MR) is 77.7 cm³/mol. The third-order valence-electron chi connectivity index (χ3n) is 2.96. The lowest BCUT2D eigenvalue weighted by Gasteiger charge is -2.08. The van der Waals surface area contributed by atoms with Crippen LogP contribution in [-0.2, 0) is 11.2 Å². The van der Waals surface area contributed by atoms with Gasteiger partial charge in [-0.1, -0.05) is 12.1 Å². The maximum absolute atomic E-state index is 10.7. The Morgan fingerprint density at radius 1 is 1.29 bits per heavy atom. The molecule has 1 heterocycles. The summed E-state index contributed by atoms with van der Waals surface area (Å²) in [6.45, 7) is 2.39. The number of pyridine rings is 1. The zero-order valence-corrected chi connectivity index (χ0v) is 11.9. The second kappa shape index (κ2) is 6.81. The van der Waals surface area contributed by atoms with Gasteiger partial charge in [0.1, 0.15) is 11.9 Å². The van der Waals surface area contributed by atoms with Crippen molar-refractivity contribution in [2.45, 2.75) is 13.3 Å². The van der Waals surface area contributed by atoms with Crippen molar-refractivity contribution in [1.82, 2.24) is 4.98 Å². The normalized spacial score (nSPS) is 10.4. The number of aryl methyl sites for hydroxylation is 1. The first-order valence-electron chi connectivity index (χ1n) is 6.47. The molecule has 0 spiro atoms. The van der Waals surface area contributed by atoms with Crippen LogP contribution in [0.3, 0.4) is 0 Å². The van der Waals surface area contributed by atoms with Crippen LogP contribution >= 0.6 is 0 Å². The van der Waals surface area contributed by atoms with Crippen molar-refractivity contribution in [2.75, 3.05) is 13.7 Å². The molecule has 2 rings (SSSR count). The van der Waals surface area contributed by atoms with Gasteiger partial charge < -0.3 is 9.47 Å². The lowest BCUT2D eigenvalue weighted by atomic mass is 10.1. The molecule has 1 aromatic carbocycles. The Morgan fingerprint density at radius 2 is 2.00 bits per heavy atom. The molecule has 0 atom stereocenters. The first-order chi connectivity index (χ1) is 10.1. The number of nitro groups is 1. The fraction of sp³-hybridized carbons (Fsp3) is 0.267. The molecule has 0 N–H and O–H groups in total. The van der Waals surface area contributed by atoms with E-state index in [4.69, 9.17) is 9.47 Å². The van der Waals surface area contributed by atoms with Gasteiger partial charge in [0.25, 0.3) is 5.69 Å². The van der Waals surface area contributed by atoms with Crippen molar-refractivity contribution >= 4 is 5.69 Å². The van der Waals surface area contributed by atoms with Gasteiger partial charge in [0.2, 0.25) is 5.88 Å². The van der Waals surface area contributed by atoms with Gasteiger partial charge in [-0.2, -0.15) is 0 Å². The minimum atomic E-state index is -0.478. The summed E-state index contributed by atoms with van der Waals surface area (Å²) >= 11 is 0. The summed E-state index contributed by atoms with van der Waals surface area (Å²) in [7, 11) is 1.67. The van der Waals surface area contributed by atoms with Crippen molar-refractivity contribution in [1.29, 1.82) is 0 Å². The molecule has 6 nitrogen and oxygen atoms in total. The van der Waals surface area contributed by atoms with Crippen LogP contribution in [0.15, 0.2) is 36.5 Å². The average molecular weight is 288 g/mol. The molecule has 0 bridgehead atoms. The summed E-state index contributed by atoms with van der Waals surface area (Å²) in [4.78, 5) is 14.2. The summed E-state index contributed by atoms with van der Waals surface area (Å²) in [6, 6.07) is 9.03. The maximum Gasteiger partial charge on any atom is 0.288 e. The molecule has 0 aliphatic carbocycles. The second-order valence-corrected chi connectivity index (χ2v) is 4.56. The fourth-order valence-electron chi connectivity index (χ4n) is 1.81. The molecule has 21 heavy (non-hydrogen) atoms. The molecule has 0 aliphatic rings. The molecule has 0 amide bonds. The maximum atomic E-state index is 10.7. The monoisotopic (exact) mass is 288 g/mol. The molecule has 1 aromatic heterocycles. The molecule has 0 aliphatic heterocycles. The van der Waals surface area contributed by atoms with Gasteiger partial charge in [0, 0.05) is 18.7 Å². The molecule has 0 fully saturated rings. The quantitative estimate of drug-likeness (QED) is 0.602. The Morgan fingerprint density at radius 3 is 2.57 bits per heavy atom. The van der Waals surface area contributed by atoms with E-state index in [1.165, 1.54) is 12.3 Å². The minimum absolute atomic E-state index is 0.0465. The fourth-order valence-corrected chi connectivity index (χ4v) is 1.81. The van der Waals surface area contributed by atoms with E-state index in [9.17, 15) is 10.1 Å². The standard InChI is InChI=1S/C15H16N2O4/c1-11-9-13(17(18)19)10-16-15(11)21-14-5-3-12(4-6-14)7-8-20-2/h3-6,9-10H,7-8H2,1-2H3. The predicted octanol–water partition coefficient (Wildman–Crippen LogP) is 3.28. The highest BCUT2D eigenvalue weighted by Crippen LogP contribution is 2.25. The van der Waals surface area contributed by atoms with Gasteiger partial charge in [-0.05, 0) is 31.0 Å². The van der Waals surface area contributed by atoms with E-state index in [1.54, 1.807) is 14.0 Å². The topological polar surface area (TPSA) is 74.5 Å². The Labute approximate surface area is 122 Å². The van der Waals surface area contributed by atoms with E-state index in [2.05, 4.69) is 4.98 Å². The summed E-state index contributed by atoms with van der Waals surface area (Å²) in [5.74, 6) is 1.01. The second-order valence-electron chi connectivity index (χ2n) is 4.56. The Balaban J connectivity index is 2.09. The number of ether oxygens (including phenoxy) is 2. The van der Waals surface area contributed by atoms with Crippen LogP contribution in [0.5, 0.6) is 11.6 Å². The van der Waals surface area contributed by atoms with Crippen molar-refractivity contribution in [3.05, 3.63) is 57.8 Å². The number of nitrogens with zero attached hydrogens (tertiary/aromatic N) is 2. The SMILES string of the molecule is COCCc1ccc(Oc2ncc([N+](=O)[O-])cc2C)cc1. The highest BCUT2D eigenvalue weighted by atomic mass is 16.6. The largest absolute Gasteiger partial charge is 0.439 e. The van der Waals surface area contributed by atoms with Crippen LogP contribution in [0.25, 0.3) is 0 Å². The van der Waals surface area contributed by atoms with Crippen LogP contribution in [0, 0.1) is 17.0 Å². The van der Waals surface area contributed by atoms with Crippen LogP contribution in [0.1, 0.15) is 11.1 Å². The zero-order valence-electron chi connectivity index (χ0n) is 11.9. The number of hydrogen-bond donors (Lipinski definition) is 0. The van der Waals surface area contributed by atoms with Crippen LogP contribution in [-0.4, -0.2) is 23.6 Å². The lowest BCUT2D eigenvalue weighted by molar-refractivity contribution is -0.385. The highest BCUT2D eigenvalue weighted by Gasteiger charge is 2.11. The van der Waals surface area contributed by atoms with Crippen LogP contribution in [0.4, 0.5) is 5.69 Å². The lowest BCUT2D eigenvalue weighted by Crippen LogP contribution is -1.96. The first kappa shape index (κ1) is 14.9. The molecule has 0 unspecified atom stereocenters. The van der Waals surface area contributed by atoms with Gasteiger partial charge in [0.05, 0.1) is 11.5 Å². The number of hydrogen-bond acceptors (Lipinski definition) is 5. The van der Waals surface area contributed by atoms with E-state index in [0.29, 0.717) is 23.8 Å². The third-order valence-corrected chi connectivity index (χ3v) is 2.96. The highest BCUT2D eigenvalue weighted by molar-refractivity contribution is 5.39. The summed E-state index contributed by atoms with van der Waals surface area (Å²) in [5.41, 5.74) is 1.72.